The SMILES string of the molecule is Cc1ccc(Oc2cc([NH+]([O-])[O-])cc3c2C(=O)Nc2ccccc2O3)cc1. The monoisotopic (exact) mass is 363 g/mol. The number of amides is 1. The third kappa shape index (κ3) is 3.34. The molecule has 1 aliphatic rings. The van der Waals surface area contributed by atoms with Crippen LogP contribution >= 0.6 is 0 Å². The molecule has 7 nitrogen and oxygen atoms in total. The van der Waals surface area contributed by atoms with Gasteiger partial charge in [0.05, 0.1) is 5.69 Å². The molecular weight excluding hydrogens is 348 g/mol. The van der Waals surface area contributed by atoms with Gasteiger partial charge in [-0.2, -0.15) is 0 Å². The van der Waals surface area contributed by atoms with Crippen LogP contribution in [0.4, 0.5) is 11.4 Å². The molecule has 3 aromatic carbocycles. The van der Waals surface area contributed by atoms with Crippen molar-refractivity contribution in [2.75, 3.05) is 5.32 Å². The van der Waals surface area contributed by atoms with E-state index in [1.54, 1.807) is 36.4 Å². The molecule has 3 aromatic rings. The molecule has 0 saturated heterocycles. The summed E-state index contributed by atoms with van der Waals surface area (Å²) in [5, 5.41) is 24.2. The first kappa shape index (κ1) is 17.0. The maximum absolute atomic E-state index is 12.8. The molecule has 136 valence electrons. The maximum atomic E-state index is 12.8. The predicted molar refractivity (Wildman–Crippen MR) is 99.5 cm³/mol. The van der Waals surface area contributed by atoms with Gasteiger partial charge in [-0.3, -0.25) is 4.79 Å². The molecule has 2 N–H and O–H groups in total. The minimum Gasteiger partial charge on any atom is -0.628 e. The molecule has 0 unspecified atom stereocenters. The number of fused-ring (bicyclic) bond motifs is 2. The quantitative estimate of drug-likeness (QED) is 0.692. The largest absolute Gasteiger partial charge is 0.628 e. The molecule has 0 saturated carbocycles. The number of rotatable bonds is 3. The van der Waals surface area contributed by atoms with Gasteiger partial charge >= 0.3 is 0 Å². The van der Waals surface area contributed by atoms with Gasteiger partial charge in [-0.15, -0.1) is 0 Å². The van der Waals surface area contributed by atoms with E-state index in [1.165, 1.54) is 12.1 Å². The third-order valence-electron chi connectivity index (χ3n) is 4.13. The van der Waals surface area contributed by atoms with Crippen molar-refractivity contribution in [2.45, 2.75) is 6.92 Å². The summed E-state index contributed by atoms with van der Waals surface area (Å²) in [6.07, 6.45) is 0. The molecule has 1 amide bonds. The first-order chi connectivity index (χ1) is 13.0. The lowest BCUT2D eigenvalue weighted by Gasteiger charge is -2.26. The highest BCUT2D eigenvalue weighted by Crippen LogP contribution is 2.41. The molecule has 0 aliphatic carbocycles. The number of para-hydroxylation sites is 2. The van der Waals surface area contributed by atoms with Gasteiger partial charge in [0.2, 0.25) is 0 Å². The molecule has 0 bridgehead atoms. The second kappa shape index (κ2) is 6.73. The summed E-state index contributed by atoms with van der Waals surface area (Å²) in [6.45, 7) is 1.94. The number of carbonyl (C=O) groups excluding carboxylic acids is 1. The van der Waals surface area contributed by atoms with E-state index >= 15 is 0 Å². The molecule has 1 aliphatic heterocycles. The Morgan fingerprint density at radius 3 is 2.48 bits per heavy atom. The first-order valence-electron chi connectivity index (χ1n) is 8.23. The molecular formula is C20H15N2O5-. The lowest BCUT2D eigenvalue weighted by molar-refractivity contribution is -0.715. The van der Waals surface area contributed by atoms with E-state index in [4.69, 9.17) is 9.47 Å². The Kier molecular flexibility index (Phi) is 4.25. The number of hydrogen-bond acceptors (Lipinski definition) is 5. The van der Waals surface area contributed by atoms with Crippen molar-refractivity contribution >= 4 is 17.3 Å². The van der Waals surface area contributed by atoms with Crippen LogP contribution in [0.2, 0.25) is 0 Å². The van der Waals surface area contributed by atoms with Crippen molar-refractivity contribution in [3.05, 3.63) is 82.2 Å². The summed E-state index contributed by atoms with van der Waals surface area (Å²) in [6, 6.07) is 16.6. The summed E-state index contributed by atoms with van der Waals surface area (Å²) < 4.78 is 11.6. The fourth-order valence-corrected chi connectivity index (χ4v) is 2.79. The van der Waals surface area contributed by atoms with Crippen LogP contribution in [0.5, 0.6) is 23.0 Å². The average molecular weight is 363 g/mol. The number of carbonyl (C=O) groups is 1. The second-order valence-corrected chi connectivity index (χ2v) is 6.10. The molecule has 1 heterocycles. The maximum Gasteiger partial charge on any atom is 0.263 e. The van der Waals surface area contributed by atoms with Crippen LogP contribution in [0.15, 0.2) is 60.7 Å². The second-order valence-electron chi connectivity index (χ2n) is 6.10. The van der Waals surface area contributed by atoms with Gasteiger partial charge in [0.1, 0.15) is 28.5 Å². The van der Waals surface area contributed by atoms with Crippen molar-refractivity contribution in [3.8, 4) is 23.0 Å². The van der Waals surface area contributed by atoms with Gasteiger partial charge in [-0.05, 0) is 31.2 Å². The predicted octanol–water partition coefficient (Wildman–Crippen LogP) is 3.66. The number of benzene rings is 3. The lowest BCUT2D eigenvalue weighted by Crippen LogP contribution is -2.96. The average Bonchev–Trinajstić information content (AvgIpc) is 2.79. The van der Waals surface area contributed by atoms with Gasteiger partial charge in [-0.25, -0.2) is 0 Å². The van der Waals surface area contributed by atoms with Crippen molar-refractivity contribution in [2.24, 2.45) is 0 Å². The highest BCUT2D eigenvalue weighted by molar-refractivity contribution is 6.10. The zero-order valence-electron chi connectivity index (χ0n) is 14.3. The standard InChI is InChI=1S/C20H15N2O5/c1-12-6-8-14(9-7-12)26-17-10-13(22(24)25)11-18-19(17)20(23)21-15-4-2-3-5-16(15)27-18/h2-11,22H,1H3,(H,21,23)/q-1. The summed E-state index contributed by atoms with van der Waals surface area (Å²) in [5.41, 5.74) is 1.48. The Morgan fingerprint density at radius 1 is 1.00 bits per heavy atom. The van der Waals surface area contributed by atoms with Gasteiger partial charge in [0, 0.05) is 12.1 Å². The molecule has 27 heavy (non-hydrogen) atoms. The number of quaternary nitrogens is 1. The topological polar surface area (TPSA) is 98.1 Å². The van der Waals surface area contributed by atoms with Crippen molar-refractivity contribution in [1.82, 2.24) is 0 Å². The van der Waals surface area contributed by atoms with E-state index in [2.05, 4.69) is 5.32 Å². The summed E-state index contributed by atoms with van der Waals surface area (Å²) in [5.74, 6) is 0.568. The van der Waals surface area contributed by atoms with Crippen LogP contribution in [0.25, 0.3) is 0 Å². The van der Waals surface area contributed by atoms with Crippen molar-refractivity contribution in [1.29, 1.82) is 0 Å². The van der Waals surface area contributed by atoms with Crippen LogP contribution in [0.1, 0.15) is 15.9 Å². The number of ether oxygens (including phenoxy) is 2. The summed E-state index contributed by atoms with van der Waals surface area (Å²) >= 11 is 0. The molecule has 0 fully saturated rings. The Balaban J connectivity index is 1.84. The molecule has 0 atom stereocenters. The van der Waals surface area contributed by atoms with E-state index in [1.807, 2.05) is 19.1 Å². The third-order valence-corrected chi connectivity index (χ3v) is 4.13. The molecule has 7 heteroatoms. The van der Waals surface area contributed by atoms with Crippen LogP contribution in [0.3, 0.4) is 0 Å². The Labute approximate surface area is 154 Å². The van der Waals surface area contributed by atoms with Crippen molar-refractivity contribution in [3.63, 3.8) is 0 Å². The van der Waals surface area contributed by atoms with Crippen LogP contribution in [0, 0.1) is 17.3 Å². The zero-order chi connectivity index (χ0) is 19.0. The fourth-order valence-electron chi connectivity index (χ4n) is 2.79. The first-order valence-corrected chi connectivity index (χ1v) is 8.23. The van der Waals surface area contributed by atoms with E-state index in [9.17, 15) is 15.2 Å². The molecule has 0 radical (unpaired) electrons. The lowest BCUT2D eigenvalue weighted by atomic mass is 10.1. The minimum atomic E-state index is -1.40. The van der Waals surface area contributed by atoms with E-state index in [0.717, 1.165) is 5.56 Å². The van der Waals surface area contributed by atoms with E-state index < -0.39 is 11.1 Å². The number of aryl methyl sites for hydroxylation is 1. The highest BCUT2D eigenvalue weighted by atomic mass is 16.8. The number of nitrogens with one attached hydrogen (secondary N) is 2. The van der Waals surface area contributed by atoms with Crippen LogP contribution < -0.4 is 20.0 Å². The van der Waals surface area contributed by atoms with Crippen LogP contribution in [-0.2, 0) is 0 Å². The van der Waals surface area contributed by atoms with Crippen molar-refractivity contribution < 1.29 is 19.5 Å². The summed E-state index contributed by atoms with van der Waals surface area (Å²) in [4.78, 5) is 12.8. The molecule has 4 rings (SSSR count). The Bertz CT molecular complexity index is 1020. The smallest absolute Gasteiger partial charge is 0.263 e. The Morgan fingerprint density at radius 2 is 1.74 bits per heavy atom. The van der Waals surface area contributed by atoms with E-state index in [-0.39, 0.29) is 22.7 Å². The summed E-state index contributed by atoms with van der Waals surface area (Å²) in [7, 11) is 0. The zero-order valence-corrected chi connectivity index (χ0v) is 14.3. The highest BCUT2D eigenvalue weighted by Gasteiger charge is 2.27. The molecule has 0 spiro atoms. The van der Waals surface area contributed by atoms with E-state index in [0.29, 0.717) is 17.2 Å². The van der Waals surface area contributed by atoms with Gasteiger partial charge in [0.25, 0.3) is 5.91 Å². The van der Waals surface area contributed by atoms with Gasteiger partial charge in [0.15, 0.2) is 5.75 Å². The molecule has 0 aromatic heterocycles. The normalized spacial score (nSPS) is 12.5. The number of hydrogen-bond donors (Lipinski definition) is 2. The van der Waals surface area contributed by atoms with Gasteiger partial charge in [-0.1, -0.05) is 29.8 Å². The van der Waals surface area contributed by atoms with Crippen LogP contribution in [-0.4, -0.2) is 5.91 Å². The van der Waals surface area contributed by atoms with Gasteiger partial charge < -0.3 is 30.4 Å². The fraction of sp³-hybridized carbons (Fsp3) is 0.0500. The minimum absolute atomic E-state index is 0.0702. The Hall–Kier alpha value is -3.39. The number of anilines is 1.